The van der Waals surface area contributed by atoms with E-state index in [0.717, 1.165) is 16.1 Å². The van der Waals surface area contributed by atoms with Crippen molar-refractivity contribution in [3.05, 3.63) is 46.7 Å². The second-order valence-corrected chi connectivity index (χ2v) is 7.94. The summed E-state index contributed by atoms with van der Waals surface area (Å²) in [4.78, 5) is 24.8. The van der Waals surface area contributed by atoms with Crippen molar-refractivity contribution >= 4 is 17.2 Å². The van der Waals surface area contributed by atoms with Crippen LogP contribution in [0.4, 0.5) is 0 Å². The maximum Gasteiger partial charge on any atom is 0.257 e. The zero-order valence-corrected chi connectivity index (χ0v) is 17.5. The largest absolute Gasteiger partial charge is 0.376 e. The predicted molar refractivity (Wildman–Crippen MR) is 109 cm³/mol. The maximum atomic E-state index is 12.9. The van der Waals surface area contributed by atoms with Crippen molar-refractivity contribution in [2.24, 2.45) is 0 Å². The molecule has 1 saturated heterocycles. The Morgan fingerprint density at radius 3 is 2.93 bits per heavy atom. The number of ether oxygens (including phenoxy) is 2. The Bertz CT molecular complexity index is 996. The van der Waals surface area contributed by atoms with Gasteiger partial charge >= 0.3 is 0 Å². The van der Waals surface area contributed by atoms with Gasteiger partial charge in [0.2, 0.25) is 0 Å². The third kappa shape index (κ3) is 4.07. The zero-order valence-electron chi connectivity index (χ0n) is 16.7. The number of aryl methyl sites for hydroxylation is 1. The van der Waals surface area contributed by atoms with Gasteiger partial charge in [-0.2, -0.15) is 5.10 Å². The van der Waals surface area contributed by atoms with E-state index in [-0.39, 0.29) is 12.0 Å². The van der Waals surface area contributed by atoms with Crippen LogP contribution in [0.1, 0.15) is 21.6 Å². The molecule has 1 unspecified atom stereocenters. The van der Waals surface area contributed by atoms with Gasteiger partial charge < -0.3 is 14.4 Å². The molecule has 8 nitrogen and oxygen atoms in total. The van der Waals surface area contributed by atoms with E-state index < -0.39 is 0 Å². The average Bonchev–Trinajstić information content (AvgIpc) is 3.39. The molecule has 3 aromatic heterocycles. The van der Waals surface area contributed by atoms with Gasteiger partial charge in [-0.3, -0.25) is 4.79 Å². The van der Waals surface area contributed by atoms with Gasteiger partial charge in [0, 0.05) is 19.8 Å². The van der Waals surface area contributed by atoms with Gasteiger partial charge in [-0.15, -0.1) is 11.3 Å². The number of amides is 1. The van der Waals surface area contributed by atoms with E-state index in [1.165, 1.54) is 0 Å². The van der Waals surface area contributed by atoms with Gasteiger partial charge in [-0.05, 0) is 30.9 Å². The Labute approximate surface area is 173 Å². The summed E-state index contributed by atoms with van der Waals surface area (Å²) in [6.07, 6.45) is 3.24. The minimum atomic E-state index is -0.117. The number of likely N-dealkylation sites (N-methyl/N-ethyl adjacent to an activating group) is 1. The number of aromatic nitrogens is 4. The molecule has 4 heterocycles. The lowest BCUT2D eigenvalue weighted by molar-refractivity contribution is -0.0933. The summed E-state index contributed by atoms with van der Waals surface area (Å²) < 4.78 is 12.7. The Morgan fingerprint density at radius 1 is 1.34 bits per heavy atom. The molecule has 1 aliphatic heterocycles. The molecule has 1 atom stereocenters. The predicted octanol–water partition coefficient (Wildman–Crippen LogP) is 2.50. The zero-order chi connectivity index (χ0) is 20.4. The van der Waals surface area contributed by atoms with Crippen LogP contribution in [0.25, 0.3) is 16.5 Å². The average molecular weight is 414 g/mol. The Hall–Kier alpha value is -2.62. The van der Waals surface area contributed by atoms with Crippen LogP contribution in [-0.4, -0.2) is 70.1 Å². The first-order valence-electron chi connectivity index (χ1n) is 9.42. The fourth-order valence-corrected chi connectivity index (χ4v) is 4.03. The van der Waals surface area contributed by atoms with E-state index in [0.29, 0.717) is 43.6 Å². The fraction of sp³-hybridized carbons (Fsp3) is 0.400. The third-order valence-electron chi connectivity index (χ3n) is 4.85. The molecular weight excluding hydrogens is 390 g/mol. The highest BCUT2D eigenvalue weighted by molar-refractivity contribution is 7.13. The van der Waals surface area contributed by atoms with E-state index in [1.807, 2.05) is 31.4 Å². The van der Waals surface area contributed by atoms with Crippen molar-refractivity contribution in [2.75, 3.05) is 33.4 Å². The first kappa shape index (κ1) is 19.7. The number of carbonyl (C=O) groups excluding carboxylic acids is 1. The van der Waals surface area contributed by atoms with E-state index in [2.05, 4.69) is 10.1 Å². The Morgan fingerprint density at radius 2 is 2.21 bits per heavy atom. The second kappa shape index (κ2) is 8.40. The molecule has 1 fully saturated rings. The molecule has 152 valence electrons. The smallest absolute Gasteiger partial charge is 0.257 e. The summed E-state index contributed by atoms with van der Waals surface area (Å²) in [7, 11) is 1.76. The Balaban J connectivity index is 1.57. The molecule has 29 heavy (non-hydrogen) atoms. The summed E-state index contributed by atoms with van der Waals surface area (Å²) in [5.74, 6) is 0.329. The topological polar surface area (TPSA) is 82.4 Å². The molecule has 9 heteroatoms. The summed E-state index contributed by atoms with van der Waals surface area (Å²) in [5, 5.41) is 6.40. The highest BCUT2D eigenvalue weighted by Crippen LogP contribution is 2.26. The summed E-state index contributed by atoms with van der Waals surface area (Å²) in [6.45, 7) is 5.95. The van der Waals surface area contributed by atoms with Gasteiger partial charge in [-0.25, -0.2) is 14.6 Å². The van der Waals surface area contributed by atoms with Crippen LogP contribution in [0, 0.1) is 13.8 Å². The van der Waals surface area contributed by atoms with Crippen LogP contribution in [0.5, 0.6) is 0 Å². The first-order valence-corrected chi connectivity index (χ1v) is 10.3. The van der Waals surface area contributed by atoms with Crippen LogP contribution in [-0.2, 0) is 9.47 Å². The molecule has 0 aliphatic carbocycles. The van der Waals surface area contributed by atoms with Crippen molar-refractivity contribution in [2.45, 2.75) is 20.0 Å². The maximum absolute atomic E-state index is 12.9. The molecule has 0 aromatic carbocycles. The number of nitrogens with zero attached hydrogens (tertiary/aromatic N) is 5. The Kier molecular flexibility index (Phi) is 5.70. The van der Waals surface area contributed by atoms with Gasteiger partial charge in [-0.1, -0.05) is 6.07 Å². The molecule has 4 rings (SSSR count). The molecule has 0 radical (unpaired) electrons. The number of thiophene rings is 1. The normalized spacial score (nSPS) is 16.7. The van der Waals surface area contributed by atoms with Gasteiger partial charge in [0.25, 0.3) is 11.9 Å². The summed E-state index contributed by atoms with van der Waals surface area (Å²) >= 11 is 1.63. The first-order chi connectivity index (χ1) is 14.0. The molecule has 3 aromatic rings. The van der Waals surface area contributed by atoms with E-state index in [9.17, 15) is 4.79 Å². The number of hydrogen-bond donors (Lipinski definition) is 0. The third-order valence-corrected chi connectivity index (χ3v) is 5.73. The minimum absolute atomic E-state index is 0.109. The van der Waals surface area contributed by atoms with Crippen LogP contribution < -0.4 is 0 Å². The van der Waals surface area contributed by atoms with Gasteiger partial charge in [0.15, 0.2) is 0 Å². The van der Waals surface area contributed by atoms with E-state index >= 15 is 0 Å². The lowest BCUT2D eigenvalue weighted by Gasteiger charge is -2.27. The van der Waals surface area contributed by atoms with E-state index in [1.54, 1.807) is 40.4 Å². The van der Waals surface area contributed by atoms with Gasteiger partial charge in [0.1, 0.15) is 0 Å². The summed E-state index contributed by atoms with van der Waals surface area (Å²) in [5.41, 5.74) is 3.08. The minimum Gasteiger partial charge on any atom is -0.376 e. The monoisotopic (exact) mass is 413 g/mol. The molecule has 0 saturated carbocycles. The highest BCUT2D eigenvalue weighted by Gasteiger charge is 2.24. The lowest BCUT2D eigenvalue weighted by Crippen LogP contribution is -2.40. The second-order valence-electron chi connectivity index (χ2n) is 6.99. The number of carbonyl (C=O) groups is 1. The molecule has 0 N–H and O–H groups in total. The van der Waals surface area contributed by atoms with E-state index in [4.69, 9.17) is 14.5 Å². The standard InChI is InChI=1S/C20H23N5O3S/c1-13-9-21-20(23-18(13)17-5-4-8-29-17)25-14(2)16(10-22-25)19(26)24(3)11-15-12-27-6-7-28-15/h4-5,8-10,15H,6-7,11-12H2,1-3H3. The molecule has 1 amide bonds. The van der Waals surface area contributed by atoms with Crippen molar-refractivity contribution in [3.8, 4) is 16.5 Å². The van der Waals surface area contributed by atoms with Crippen molar-refractivity contribution in [3.63, 3.8) is 0 Å². The molecule has 0 bridgehead atoms. The number of rotatable bonds is 5. The van der Waals surface area contributed by atoms with Crippen LogP contribution >= 0.6 is 11.3 Å². The van der Waals surface area contributed by atoms with Crippen molar-refractivity contribution < 1.29 is 14.3 Å². The fourth-order valence-electron chi connectivity index (χ4n) is 3.25. The lowest BCUT2D eigenvalue weighted by atomic mass is 10.2. The van der Waals surface area contributed by atoms with Crippen molar-refractivity contribution in [1.29, 1.82) is 0 Å². The SMILES string of the molecule is Cc1cnc(-n2ncc(C(=O)N(C)CC3COCCO3)c2C)nc1-c1cccs1. The van der Waals surface area contributed by atoms with Gasteiger partial charge in [0.05, 0.1) is 53.9 Å². The quantitative estimate of drug-likeness (QED) is 0.639. The molecule has 1 aliphatic rings. The molecule has 0 spiro atoms. The summed E-state index contributed by atoms with van der Waals surface area (Å²) in [6, 6.07) is 4.02. The van der Waals surface area contributed by atoms with Crippen LogP contribution in [0.2, 0.25) is 0 Å². The van der Waals surface area contributed by atoms with Crippen molar-refractivity contribution in [1.82, 2.24) is 24.6 Å². The highest BCUT2D eigenvalue weighted by atomic mass is 32.1. The molecular formula is C20H23N5O3S. The number of hydrogen-bond acceptors (Lipinski definition) is 7. The van der Waals surface area contributed by atoms with Crippen LogP contribution in [0.3, 0.4) is 0 Å². The van der Waals surface area contributed by atoms with Crippen LogP contribution in [0.15, 0.2) is 29.9 Å².